The summed E-state index contributed by atoms with van der Waals surface area (Å²) in [5.74, 6) is -1.10. The maximum Gasteiger partial charge on any atom is 0.474 e. The van der Waals surface area contributed by atoms with Crippen molar-refractivity contribution in [3.05, 3.63) is 24.3 Å². The van der Waals surface area contributed by atoms with Crippen molar-refractivity contribution in [2.75, 3.05) is 27.4 Å². The molecule has 0 aromatic rings. The molecule has 8 nitrogen and oxygen atoms in total. The first kappa shape index (κ1) is 48.5. The highest BCUT2D eigenvalue weighted by Crippen LogP contribution is 2.47. The van der Waals surface area contributed by atoms with E-state index in [0.29, 0.717) is 6.42 Å². The number of allylic oxidation sites excluding steroid dienone is 3. The van der Waals surface area contributed by atoms with Gasteiger partial charge in [0.25, 0.3) is 0 Å². The van der Waals surface area contributed by atoms with Gasteiger partial charge in [-0.1, -0.05) is 154 Å². The Morgan fingerprint density at radius 2 is 1.04 bits per heavy atom. The van der Waals surface area contributed by atoms with Crippen LogP contribution >= 0.6 is 7.82 Å². The number of hydrogen-bond donors (Lipinski definition) is 0. The van der Waals surface area contributed by atoms with Crippen molar-refractivity contribution in [3.63, 3.8) is 0 Å². The Hall–Kier alpha value is -1.47. The summed E-state index contributed by atoms with van der Waals surface area (Å²) in [6.07, 6.45) is 36.7. The summed E-state index contributed by atoms with van der Waals surface area (Å²) in [7, 11) is -1.36. The SMILES string of the molecule is CCCCCCCC/C=C\C(CCCCCC)C(=O)OC[C@H](COP(=O)(OC)OC)OC(=O)CCCCCCC/C=C/CCCCCCCC. The Balaban J connectivity index is 4.77. The van der Waals surface area contributed by atoms with Crippen LogP contribution in [0.15, 0.2) is 24.3 Å². The van der Waals surface area contributed by atoms with Crippen LogP contribution < -0.4 is 0 Å². The van der Waals surface area contributed by atoms with Crippen molar-refractivity contribution in [1.29, 1.82) is 0 Å². The van der Waals surface area contributed by atoms with Crippen LogP contribution in [-0.2, 0) is 37.2 Å². The lowest BCUT2D eigenvalue weighted by Crippen LogP contribution is -2.31. The van der Waals surface area contributed by atoms with Gasteiger partial charge in [-0.05, 0) is 51.4 Å². The first-order valence-corrected chi connectivity index (χ1v) is 21.8. The monoisotopic (exact) mass is 729 g/mol. The molecule has 0 aliphatic rings. The van der Waals surface area contributed by atoms with Crippen LogP contribution in [0.3, 0.4) is 0 Å². The third kappa shape index (κ3) is 30.2. The van der Waals surface area contributed by atoms with E-state index in [1.807, 2.05) is 6.08 Å². The molecule has 0 aromatic carbocycles. The maximum absolute atomic E-state index is 13.2. The minimum Gasteiger partial charge on any atom is -0.461 e. The summed E-state index contributed by atoms with van der Waals surface area (Å²) in [5.41, 5.74) is 0. The summed E-state index contributed by atoms with van der Waals surface area (Å²) >= 11 is 0. The number of phosphoric acid groups is 1. The molecule has 0 saturated heterocycles. The van der Waals surface area contributed by atoms with Crippen LogP contribution in [0.2, 0.25) is 0 Å². The van der Waals surface area contributed by atoms with Gasteiger partial charge in [0, 0.05) is 20.6 Å². The van der Waals surface area contributed by atoms with E-state index in [4.69, 9.17) is 23.0 Å². The van der Waals surface area contributed by atoms with E-state index in [1.165, 1.54) is 91.3 Å². The van der Waals surface area contributed by atoms with Crippen LogP contribution in [0, 0.1) is 5.92 Å². The molecule has 0 aliphatic heterocycles. The van der Waals surface area contributed by atoms with Crippen LogP contribution in [0.1, 0.15) is 188 Å². The number of rotatable bonds is 37. The lowest BCUT2D eigenvalue weighted by Gasteiger charge is -2.21. The Kier molecular flexibility index (Phi) is 34.9. The zero-order chi connectivity index (χ0) is 37.0. The van der Waals surface area contributed by atoms with Gasteiger partial charge in [0.1, 0.15) is 6.61 Å². The fourth-order valence-electron chi connectivity index (χ4n) is 5.72. The highest BCUT2D eigenvalue weighted by atomic mass is 31.2. The van der Waals surface area contributed by atoms with Crippen molar-refractivity contribution < 1.29 is 37.2 Å². The summed E-state index contributed by atoms with van der Waals surface area (Å²) in [6, 6.07) is 0. The van der Waals surface area contributed by atoms with E-state index < -0.39 is 19.9 Å². The molecule has 2 atom stereocenters. The highest BCUT2D eigenvalue weighted by Gasteiger charge is 2.28. The predicted octanol–water partition coefficient (Wildman–Crippen LogP) is 12.8. The molecule has 9 heteroatoms. The largest absolute Gasteiger partial charge is 0.474 e. The van der Waals surface area contributed by atoms with Crippen LogP contribution in [0.4, 0.5) is 0 Å². The number of carbonyl (C=O) groups excluding carboxylic acids is 2. The number of carbonyl (C=O) groups is 2. The smallest absolute Gasteiger partial charge is 0.461 e. The van der Waals surface area contributed by atoms with Gasteiger partial charge in [0.2, 0.25) is 0 Å². The van der Waals surface area contributed by atoms with E-state index >= 15 is 0 Å². The van der Waals surface area contributed by atoms with Crippen LogP contribution in [0.25, 0.3) is 0 Å². The summed E-state index contributed by atoms with van der Waals surface area (Å²) in [4.78, 5) is 26.0. The number of unbranched alkanes of at least 4 members (excludes halogenated alkanes) is 20. The van der Waals surface area contributed by atoms with Gasteiger partial charge in [-0.15, -0.1) is 0 Å². The van der Waals surface area contributed by atoms with Gasteiger partial charge in [-0.25, -0.2) is 4.57 Å². The Morgan fingerprint density at radius 1 is 0.580 bits per heavy atom. The molecule has 0 aliphatic carbocycles. The topological polar surface area (TPSA) is 97.4 Å². The normalized spacial score (nSPS) is 13.3. The van der Waals surface area contributed by atoms with Gasteiger partial charge in [0.05, 0.1) is 12.5 Å². The van der Waals surface area contributed by atoms with Gasteiger partial charge >= 0.3 is 19.8 Å². The minimum atomic E-state index is -3.80. The number of esters is 2. The second kappa shape index (κ2) is 35.9. The Bertz CT molecular complexity index is 882. The van der Waals surface area contributed by atoms with E-state index in [2.05, 4.69) is 39.0 Å². The molecule has 0 N–H and O–H groups in total. The first-order chi connectivity index (χ1) is 24.4. The molecule has 0 rings (SSSR count). The van der Waals surface area contributed by atoms with Gasteiger partial charge in [0.15, 0.2) is 6.10 Å². The van der Waals surface area contributed by atoms with Crippen LogP contribution in [-0.4, -0.2) is 45.5 Å². The number of hydrogen-bond acceptors (Lipinski definition) is 8. The van der Waals surface area contributed by atoms with Gasteiger partial charge in [-0.3, -0.25) is 23.2 Å². The maximum atomic E-state index is 13.2. The zero-order valence-corrected chi connectivity index (χ0v) is 33.9. The van der Waals surface area contributed by atoms with E-state index in [0.717, 1.165) is 77.0 Å². The van der Waals surface area contributed by atoms with Crippen molar-refractivity contribution in [2.45, 2.75) is 194 Å². The van der Waals surface area contributed by atoms with Crippen molar-refractivity contribution in [3.8, 4) is 0 Å². The number of phosphoric ester groups is 1. The highest BCUT2D eigenvalue weighted by molar-refractivity contribution is 7.48. The lowest BCUT2D eigenvalue weighted by atomic mass is 9.99. The fraction of sp³-hybridized carbons (Fsp3) is 0.854. The minimum absolute atomic E-state index is 0.193. The molecule has 0 amide bonds. The van der Waals surface area contributed by atoms with Crippen molar-refractivity contribution >= 4 is 19.8 Å². The standard InChI is InChI=1S/C41H77O8P/c1-6-9-12-15-17-19-20-21-22-23-24-25-27-29-32-35-40(42)49-39(37-48-50(44,45-4)46-5)36-47-41(43)38(33-30-14-11-8-3)34-31-28-26-18-16-13-10-7-2/h21-22,31,34,38-39H,6-20,23-30,32-33,35-37H2,1-5H3/b22-21+,34-31-/t38?,39-/m1/s1. The molecule has 0 saturated carbocycles. The van der Waals surface area contributed by atoms with Crippen LogP contribution in [0.5, 0.6) is 0 Å². The molecular weight excluding hydrogens is 651 g/mol. The summed E-state index contributed by atoms with van der Waals surface area (Å²) in [6.45, 7) is 6.17. The molecular formula is C41H77O8P. The van der Waals surface area contributed by atoms with Crippen molar-refractivity contribution in [1.82, 2.24) is 0 Å². The van der Waals surface area contributed by atoms with E-state index in [9.17, 15) is 14.2 Å². The van der Waals surface area contributed by atoms with Gasteiger partial charge in [-0.2, -0.15) is 0 Å². The molecule has 1 unspecified atom stereocenters. The molecule has 0 aromatic heterocycles. The van der Waals surface area contributed by atoms with E-state index in [1.54, 1.807) is 0 Å². The lowest BCUT2D eigenvalue weighted by molar-refractivity contribution is -0.162. The Morgan fingerprint density at radius 3 is 1.56 bits per heavy atom. The number of ether oxygens (including phenoxy) is 2. The summed E-state index contributed by atoms with van der Waals surface area (Å²) in [5, 5.41) is 0. The van der Waals surface area contributed by atoms with Crippen molar-refractivity contribution in [2.24, 2.45) is 5.92 Å². The molecule has 0 heterocycles. The average molecular weight is 729 g/mol. The molecule has 0 radical (unpaired) electrons. The third-order valence-electron chi connectivity index (χ3n) is 8.98. The zero-order valence-electron chi connectivity index (χ0n) is 33.0. The molecule has 0 bridgehead atoms. The molecule has 50 heavy (non-hydrogen) atoms. The summed E-state index contributed by atoms with van der Waals surface area (Å²) < 4.78 is 38.9. The molecule has 0 fully saturated rings. The van der Waals surface area contributed by atoms with E-state index in [-0.39, 0.29) is 31.5 Å². The average Bonchev–Trinajstić information content (AvgIpc) is 3.12. The third-order valence-corrected chi connectivity index (χ3v) is 10.3. The second-order valence-electron chi connectivity index (χ2n) is 13.6. The quantitative estimate of drug-likeness (QED) is 0.0270. The molecule has 294 valence electrons. The Labute approximate surface area is 307 Å². The second-order valence-corrected chi connectivity index (χ2v) is 15.5. The first-order valence-electron chi connectivity index (χ1n) is 20.4. The fourth-order valence-corrected chi connectivity index (χ4v) is 6.43. The van der Waals surface area contributed by atoms with Gasteiger partial charge < -0.3 is 9.47 Å². The molecule has 0 spiro atoms. The predicted molar refractivity (Wildman–Crippen MR) is 207 cm³/mol.